The summed E-state index contributed by atoms with van der Waals surface area (Å²) in [5, 5.41) is 0. The number of thioether (sulfide) groups is 1. The van der Waals surface area contributed by atoms with Crippen LogP contribution in [0.2, 0.25) is 0 Å². The topological polar surface area (TPSA) is 26.3 Å². The first-order valence-corrected chi connectivity index (χ1v) is 6.97. The van der Waals surface area contributed by atoms with Crippen molar-refractivity contribution in [3.63, 3.8) is 0 Å². The first kappa shape index (κ1) is 15.4. The molecule has 0 aliphatic carbocycles. The highest BCUT2D eigenvalue weighted by atomic mass is 32.2. The van der Waals surface area contributed by atoms with Crippen LogP contribution in [0.15, 0.2) is 53.4 Å². The third kappa shape index (κ3) is 5.15. The maximum absolute atomic E-state index is 12.0. The van der Waals surface area contributed by atoms with Gasteiger partial charge in [-0.3, -0.25) is 4.79 Å². The van der Waals surface area contributed by atoms with E-state index in [0.29, 0.717) is 11.3 Å². The molecule has 21 heavy (non-hydrogen) atoms. The zero-order valence-corrected chi connectivity index (χ0v) is 11.6. The van der Waals surface area contributed by atoms with Gasteiger partial charge in [0.1, 0.15) is 12.0 Å². The van der Waals surface area contributed by atoms with Crippen molar-refractivity contribution in [1.29, 1.82) is 0 Å². The predicted octanol–water partition coefficient (Wildman–Crippen LogP) is 4.69. The summed E-state index contributed by atoms with van der Waals surface area (Å²) < 4.78 is 39.9. The minimum atomic E-state index is -4.67. The number of ether oxygens (including phenoxy) is 1. The van der Waals surface area contributed by atoms with Crippen LogP contribution in [0.4, 0.5) is 13.2 Å². The van der Waals surface area contributed by atoms with Crippen molar-refractivity contribution in [1.82, 2.24) is 0 Å². The van der Waals surface area contributed by atoms with Gasteiger partial charge >= 0.3 is 6.36 Å². The molecule has 0 fully saturated rings. The van der Waals surface area contributed by atoms with E-state index in [1.54, 1.807) is 24.3 Å². The molecule has 0 aliphatic heterocycles. The molecule has 6 heteroatoms. The highest BCUT2D eigenvalue weighted by Crippen LogP contribution is 2.26. The van der Waals surface area contributed by atoms with Gasteiger partial charge in [0.15, 0.2) is 0 Å². The minimum absolute atomic E-state index is 0.230. The van der Waals surface area contributed by atoms with Crippen molar-refractivity contribution >= 4 is 18.0 Å². The lowest BCUT2D eigenvalue weighted by molar-refractivity contribution is -0.274. The average Bonchev–Trinajstić information content (AvgIpc) is 2.45. The molecule has 0 amide bonds. The van der Waals surface area contributed by atoms with Crippen LogP contribution in [0.5, 0.6) is 5.75 Å². The molecule has 0 radical (unpaired) electrons. The Balaban J connectivity index is 1.92. The second-order valence-electron chi connectivity index (χ2n) is 4.17. The van der Waals surface area contributed by atoms with Gasteiger partial charge in [-0.1, -0.05) is 24.3 Å². The standard InChI is InChI=1S/C15H11F3O2S/c16-15(17,18)20-13-5-1-12(2-6-13)10-21-14-7-3-11(9-19)4-8-14/h1-9H,10H2. The molecule has 110 valence electrons. The zero-order chi connectivity index (χ0) is 15.3. The largest absolute Gasteiger partial charge is 0.573 e. The smallest absolute Gasteiger partial charge is 0.406 e. The summed E-state index contributed by atoms with van der Waals surface area (Å²) in [6.45, 7) is 0. The Labute approximate surface area is 123 Å². The monoisotopic (exact) mass is 312 g/mol. The van der Waals surface area contributed by atoms with E-state index < -0.39 is 6.36 Å². The number of halogens is 3. The van der Waals surface area contributed by atoms with Gasteiger partial charge < -0.3 is 4.74 Å². The van der Waals surface area contributed by atoms with Gasteiger partial charge in [-0.15, -0.1) is 24.9 Å². The Hall–Kier alpha value is -1.95. The third-order valence-electron chi connectivity index (χ3n) is 2.58. The molecule has 0 spiro atoms. The lowest BCUT2D eigenvalue weighted by Gasteiger charge is -2.09. The number of hydrogen-bond donors (Lipinski definition) is 0. The fourth-order valence-corrected chi connectivity index (χ4v) is 2.45. The summed E-state index contributed by atoms with van der Waals surface area (Å²) in [7, 11) is 0. The highest BCUT2D eigenvalue weighted by Gasteiger charge is 2.30. The van der Waals surface area contributed by atoms with Crippen LogP contribution in [0.25, 0.3) is 0 Å². The van der Waals surface area contributed by atoms with E-state index in [2.05, 4.69) is 4.74 Å². The number of benzene rings is 2. The Morgan fingerprint density at radius 3 is 2.14 bits per heavy atom. The summed E-state index contributed by atoms with van der Waals surface area (Å²) in [5.41, 5.74) is 1.49. The van der Waals surface area contributed by atoms with E-state index >= 15 is 0 Å². The molecule has 0 aliphatic rings. The van der Waals surface area contributed by atoms with Gasteiger partial charge in [0.25, 0.3) is 0 Å². The van der Waals surface area contributed by atoms with Crippen LogP contribution in [-0.4, -0.2) is 12.6 Å². The summed E-state index contributed by atoms with van der Waals surface area (Å²) in [4.78, 5) is 11.5. The normalized spacial score (nSPS) is 11.2. The number of rotatable bonds is 5. The molecule has 0 unspecified atom stereocenters. The minimum Gasteiger partial charge on any atom is -0.406 e. The van der Waals surface area contributed by atoms with Crippen LogP contribution in [0.3, 0.4) is 0 Å². The number of aldehydes is 1. The molecule has 0 saturated carbocycles. The SMILES string of the molecule is O=Cc1ccc(SCc2ccc(OC(F)(F)F)cc2)cc1. The fourth-order valence-electron chi connectivity index (χ4n) is 1.60. The van der Waals surface area contributed by atoms with Gasteiger partial charge in [-0.05, 0) is 29.8 Å². The maximum Gasteiger partial charge on any atom is 0.573 e. The molecule has 0 atom stereocenters. The van der Waals surface area contributed by atoms with Gasteiger partial charge in [0.05, 0.1) is 0 Å². The van der Waals surface area contributed by atoms with E-state index in [4.69, 9.17) is 0 Å². The van der Waals surface area contributed by atoms with Crippen molar-refractivity contribution in [2.45, 2.75) is 17.0 Å². The lowest BCUT2D eigenvalue weighted by Crippen LogP contribution is -2.16. The summed E-state index contributed by atoms with van der Waals surface area (Å²) in [6.07, 6.45) is -3.90. The Morgan fingerprint density at radius 2 is 1.62 bits per heavy atom. The van der Waals surface area contributed by atoms with E-state index in [9.17, 15) is 18.0 Å². The zero-order valence-electron chi connectivity index (χ0n) is 10.8. The molecule has 2 aromatic rings. The van der Waals surface area contributed by atoms with Crippen molar-refractivity contribution in [3.8, 4) is 5.75 Å². The van der Waals surface area contributed by atoms with Crippen LogP contribution < -0.4 is 4.74 Å². The molecule has 0 aromatic heterocycles. The molecule has 2 rings (SSSR count). The molecule has 2 aromatic carbocycles. The second-order valence-corrected chi connectivity index (χ2v) is 5.22. The van der Waals surface area contributed by atoms with E-state index in [1.807, 2.05) is 12.1 Å². The van der Waals surface area contributed by atoms with E-state index in [-0.39, 0.29) is 5.75 Å². The molecule has 0 N–H and O–H groups in total. The Bertz CT molecular complexity index is 592. The van der Waals surface area contributed by atoms with Crippen molar-refractivity contribution in [3.05, 3.63) is 59.7 Å². The lowest BCUT2D eigenvalue weighted by atomic mass is 10.2. The molecule has 0 heterocycles. The van der Waals surface area contributed by atoms with Crippen LogP contribution >= 0.6 is 11.8 Å². The molecule has 0 bridgehead atoms. The molecule has 0 saturated heterocycles. The van der Waals surface area contributed by atoms with E-state index in [1.165, 1.54) is 23.9 Å². The van der Waals surface area contributed by atoms with Crippen molar-refractivity contribution in [2.24, 2.45) is 0 Å². The van der Waals surface area contributed by atoms with Crippen LogP contribution in [-0.2, 0) is 5.75 Å². The third-order valence-corrected chi connectivity index (χ3v) is 3.66. The summed E-state index contributed by atoms with van der Waals surface area (Å²) in [5.74, 6) is 0.388. The number of hydrogen-bond acceptors (Lipinski definition) is 3. The van der Waals surface area contributed by atoms with Crippen molar-refractivity contribution < 1.29 is 22.7 Å². The Kier molecular flexibility index (Phi) is 4.90. The fraction of sp³-hybridized carbons (Fsp3) is 0.133. The Morgan fingerprint density at radius 1 is 1.00 bits per heavy atom. The number of alkyl halides is 3. The average molecular weight is 312 g/mol. The van der Waals surface area contributed by atoms with E-state index in [0.717, 1.165) is 16.7 Å². The quantitative estimate of drug-likeness (QED) is 0.592. The van der Waals surface area contributed by atoms with Gasteiger partial charge in [-0.2, -0.15) is 0 Å². The summed E-state index contributed by atoms with van der Waals surface area (Å²) in [6, 6.07) is 12.9. The number of carbonyl (C=O) groups excluding carboxylic acids is 1. The maximum atomic E-state index is 12.0. The summed E-state index contributed by atoms with van der Waals surface area (Å²) >= 11 is 1.53. The predicted molar refractivity (Wildman–Crippen MR) is 74.5 cm³/mol. The van der Waals surface area contributed by atoms with Crippen LogP contribution in [0, 0.1) is 0 Å². The van der Waals surface area contributed by atoms with Gasteiger partial charge in [-0.25, -0.2) is 0 Å². The van der Waals surface area contributed by atoms with Gasteiger partial charge in [0.2, 0.25) is 0 Å². The molecular weight excluding hydrogens is 301 g/mol. The van der Waals surface area contributed by atoms with Gasteiger partial charge in [0, 0.05) is 16.2 Å². The highest BCUT2D eigenvalue weighted by molar-refractivity contribution is 7.98. The first-order valence-electron chi connectivity index (χ1n) is 5.99. The molecular formula is C15H11F3O2S. The molecule has 2 nitrogen and oxygen atoms in total. The second kappa shape index (κ2) is 6.67. The first-order chi connectivity index (χ1) is 9.96. The van der Waals surface area contributed by atoms with Crippen molar-refractivity contribution in [2.75, 3.05) is 0 Å². The van der Waals surface area contributed by atoms with Crippen LogP contribution in [0.1, 0.15) is 15.9 Å². The number of carbonyl (C=O) groups is 1.